The van der Waals surface area contributed by atoms with E-state index in [2.05, 4.69) is 20.8 Å². The lowest BCUT2D eigenvalue weighted by Gasteiger charge is -2.07. The van der Waals surface area contributed by atoms with E-state index >= 15 is 0 Å². The molecule has 1 N–H and O–H groups in total. The minimum Gasteiger partial charge on any atom is -0.326 e. The Labute approximate surface area is 129 Å². The second kappa shape index (κ2) is 6.30. The summed E-state index contributed by atoms with van der Waals surface area (Å²) in [7, 11) is 0. The Morgan fingerprint density at radius 1 is 1.13 bits per heavy atom. The van der Waals surface area contributed by atoms with Crippen molar-refractivity contribution in [3.8, 4) is 5.69 Å². The van der Waals surface area contributed by atoms with Gasteiger partial charge in [-0.25, -0.2) is 13.5 Å². The molecule has 3 aromatic rings. The fourth-order valence-corrected chi connectivity index (χ4v) is 2.05. The maximum Gasteiger partial charge on any atom is 0.228 e. The first-order valence-electron chi connectivity index (χ1n) is 6.69. The van der Waals surface area contributed by atoms with E-state index in [0.29, 0.717) is 16.9 Å². The molecule has 23 heavy (non-hydrogen) atoms. The van der Waals surface area contributed by atoms with Crippen LogP contribution in [0.5, 0.6) is 0 Å². The van der Waals surface area contributed by atoms with Gasteiger partial charge < -0.3 is 5.32 Å². The number of nitrogens with zero attached hydrogens (tertiary/aromatic N) is 4. The van der Waals surface area contributed by atoms with Crippen molar-refractivity contribution in [2.75, 3.05) is 5.32 Å². The summed E-state index contributed by atoms with van der Waals surface area (Å²) in [5.74, 6) is -2.26. The third kappa shape index (κ3) is 3.54. The van der Waals surface area contributed by atoms with Gasteiger partial charge in [0.15, 0.2) is 11.6 Å². The second-order valence-electron chi connectivity index (χ2n) is 4.78. The van der Waals surface area contributed by atoms with E-state index in [1.807, 2.05) is 0 Å². The Kier molecular flexibility index (Phi) is 4.05. The molecule has 0 atom stereocenters. The largest absolute Gasteiger partial charge is 0.326 e. The molecule has 6 nitrogen and oxygen atoms in total. The van der Waals surface area contributed by atoms with Crippen molar-refractivity contribution in [3.05, 3.63) is 66.0 Å². The van der Waals surface area contributed by atoms with Gasteiger partial charge in [0.05, 0.1) is 12.1 Å². The molecule has 116 valence electrons. The van der Waals surface area contributed by atoms with Gasteiger partial charge >= 0.3 is 0 Å². The Balaban J connectivity index is 1.70. The van der Waals surface area contributed by atoms with Crippen LogP contribution in [0.2, 0.25) is 0 Å². The van der Waals surface area contributed by atoms with Gasteiger partial charge in [0.1, 0.15) is 6.33 Å². The fraction of sp³-hybridized carbons (Fsp3) is 0.0667. The molecule has 1 heterocycles. The molecule has 0 saturated carbocycles. The van der Waals surface area contributed by atoms with Gasteiger partial charge in [0.25, 0.3) is 0 Å². The summed E-state index contributed by atoms with van der Waals surface area (Å²) in [5.41, 5.74) is 1.62. The molecule has 0 fully saturated rings. The number of halogens is 2. The highest BCUT2D eigenvalue weighted by atomic mass is 19.2. The summed E-state index contributed by atoms with van der Waals surface area (Å²) in [4.78, 5) is 12.0. The van der Waals surface area contributed by atoms with E-state index in [4.69, 9.17) is 0 Å². The predicted molar refractivity (Wildman–Crippen MR) is 77.8 cm³/mol. The average Bonchev–Trinajstić information content (AvgIpc) is 3.05. The fourth-order valence-electron chi connectivity index (χ4n) is 2.05. The van der Waals surface area contributed by atoms with E-state index in [0.717, 1.165) is 12.1 Å². The van der Waals surface area contributed by atoms with Gasteiger partial charge in [-0.2, -0.15) is 0 Å². The topological polar surface area (TPSA) is 72.7 Å². The van der Waals surface area contributed by atoms with Gasteiger partial charge in [0, 0.05) is 5.69 Å². The number of hydrogen-bond donors (Lipinski definition) is 1. The molecule has 0 aliphatic rings. The van der Waals surface area contributed by atoms with E-state index < -0.39 is 11.6 Å². The first-order chi connectivity index (χ1) is 11.1. The maximum atomic E-state index is 13.1. The molecule has 0 bridgehead atoms. The molecule has 3 rings (SSSR count). The molecule has 0 unspecified atom stereocenters. The van der Waals surface area contributed by atoms with Gasteiger partial charge in [0.2, 0.25) is 5.91 Å². The minimum absolute atomic E-state index is 0.0632. The van der Waals surface area contributed by atoms with Gasteiger partial charge in [-0.15, -0.1) is 5.10 Å². The van der Waals surface area contributed by atoms with Crippen molar-refractivity contribution in [1.82, 2.24) is 20.2 Å². The van der Waals surface area contributed by atoms with Crippen LogP contribution < -0.4 is 5.32 Å². The third-order valence-corrected chi connectivity index (χ3v) is 3.09. The van der Waals surface area contributed by atoms with Crippen molar-refractivity contribution >= 4 is 11.6 Å². The minimum atomic E-state index is -0.976. The van der Waals surface area contributed by atoms with Crippen molar-refractivity contribution < 1.29 is 13.6 Å². The first-order valence-corrected chi connectivity index (χ1v) is 6.69. The predicted octanol–water partition coefficient (Wildman–Crippen LogP) is 2.12. The van der Waals surface area contributed by atoms with Crippen molar-refractivity contribution in [1.29, 1.82) is 0 Å². The van der Waals surface area contributed by atoms with Crippen LogP contribution >= 0.6 is 0 Å². The van der Waals surface area contributed by atoms with Crippen LogP contribution in [0.1, 0.15) is 5.56 Å². The zero-order valence-electron chi connectivity index (χ0n) is 11.8. The van der Waals surface area contributed by atoms with E-state index in [-0.39, 0.29) is 12.3 Å². The number of benzene rings is 2. The number of nitrogens with one attached hydrogen (secondary N) is 1. The highest BCUT2D eigenvalue weighted by molar-refractivity contribution is 5.92. The highest BCUT2D eigenvalue weighted by Gasteiger charge is 2.08. The molecule has 1 amide bonds. The number of rotatable bonds is 4. The lowest BCUT2D eigenvalue weighted by Crippen LogP contribution is -2.14. The number of anilines is 1. The average molecular weight is 315 g/mol. The van der Waals surface area contributed by atoms with Gasteiger partial charge in [-0.05, 0) is 46.3 Å². The molecule has 0 spiro atoms. The lowest BCUT2D eigenvalue weighted by atomic mass is 10.1. The number of carbonyl (C=O) groups excluding carboxylic acids is 1. The second-order valence-corrected chi connectivity index (χ2v) is 4.78. The van der Waals surface area contributed by atoms with E-state index in [1.165, 1.54) is 17.1 Å². The van der Waals surface area contributed by atoms with Crippen molar-refractivity contribution in [2.45, 2.75) is 6.42 Å². The zero-order valence-corrected chi connectivity index (χ0v) is 11.8. The summed E-state index contributed by atoms with van der Waals surface area (Å²) in [5, 5.41) is 13.5. The standard InChI is InChI=1S/C15H11F2N5O/c16-13-5-4-10(6-14(13)17)7-15(23)19-11-2-1-3-12(8-11)22-9-18-20-21-22/h1-6,8-9H,7H2,(H,19,23). The van der Waals surface area contributed by atoms with Gasteiger partial charge in [-0.3, -0.25) is 4.79 Å². The Bertz CT molecular complexity index is 836. The first kappa shape index (κ1) is 14.8. The normalized spacial score (nSPS) is 10.5. The van der Waals surface area contributed by atoms with Crippen molar-refractivity contribution in [2.24, 2.45) is 0 Å². The molecule has 8 heteroatoms. The molecule has 1 aromatic heterocycles. The van der Waals surface area contributed by atoms with E-state index in [9.17, 15) is 13.6 Å². The van der Waals surface area contributed by atoms with Crippen LogP contribution in [-0.4, -0.2) is 26.1 Å². The van der Waals surface area contributed by atoms with Crippen LogP contribution in [0, 0.1) is 11.6 Å². The molecule has 0 radical (unpaired) electrons. The van der Waals surface area contributed by atoms with Crippen LogP contribution in [0.4, 0.5) is 14.5 Å². The van der Waals surface area contributed by atoms with Crippen molar-refractivity contribution in [3.63, 3.8) is 0 Å². The third-order valence-electron chi connectivity index (χ3n) is 3.09. The highest BCUT2D eigenvalue weighted by Crippen LogP contribution is 2.14. The number of aromatic nitrogens is 4. The molecule has 0 saturated heterocycles. The van der Waals surface area contributed by atoms with Crippen LogP contribution in [0.3, 0.4) is 0 Å². The van der Waals surface area contributed by atoms with Crippen LogP contribution in [0.25, 0.3) is 5.69 Å². The summed E-state index contributed by atoms with van der Waals surface area (Å²) in [6.45, 7) is 0. The lowest BCUT2D eigenvalue weighted by molar-refractivity contribution is -0.115. The number of amides is 1. The SMILES string of the molecule is O=C(Cc1ccc(F)c(F)c1)Nc1cccc(-n2cnnn2)c1. The van der Waals surface area contributed by atoms with Gasteiger partial charge in [-0.1, -0.05) is 12.1 Å². The quantitative estimate of drug-likeness (QED) is 0.800. The monoisotopic (exact) mass is 315 g/mol. The Morgan fingerprint density at radius 2 is 2.00 bits per heavy atom. The van der Waals surface area contributed by atoms with Crippen LogP contribution in [0.15, 0.2) is 48.8 Å². The number of tetrazole rings is 1. The summed E-state index contributed by atoms with van der Waals surface area (Å²) in [6.07, 6.45) is 1.37. The van der Waals surface area contributed by atoms with Crippen LogP contribution in [-0.2, 0) is 11.2 Å². The molecular formula is C15H11F2N5O. The maximum absolute atomic E-state index is 13.1. The summed E-state index contributed by atoms with van der Waals surface area (Å²) >= 11 is 0. The summed E-state index contributed by atoms with van der Waals surface area (Å²) < 4.78 is 27.5. The Hall–Kier alpha value is -3.16. The molecule has 2 aromatic carbocycles. The Morgan fingerprint density at radius 3 is 2.74 bits per heavy atom. The zero-order chi connectivity index (χ0) is 16.2. The molecule has 0 aliphatic carbocycles. The number of carbonyl (C=O) groups is 1. The molecule has 0 aliphatic heterocycles. The number of hydrogen-bond acceptors (Lipinski definition) is 4. The van der Waals surface area contributed by atoms with E-state index in [1.54, 1.807) is 24.3 Å². The summed E-state index contributed by atoms with van der Waals surface area (Å²) in [6, 6.07) is 10.3. The molecular weight excluding hydrogens is 304 g/mol. The smallest absolute Gasteiger partial charge is 0.228 e.